The number of nitrogens with zero attached hydrogens (tertiary/aromatic N) is 1. The third-order valence-electron chi connectivity index (χ3n) is 4.08. The zero-order valence-electron chi connectivity index (χ0n) is 15.0. The second-order valence-corrected chi connectivity index (χ2v) is 6.55. The van der Waals surface area contributed by atoms with Crippen LogP contribution in [0.4, 0.5) is 0 Å². The predicted octanol–water partition coefficient (Wildman–Crippen LogP) is -0.326. The number of hydrogen-bond acceptors (Lipinski definition) is 7. The van der Waals surface area contributed by atoms with Crippen LogP contribution < -0.4 is 0 Å². The van der Waals surface area contributed by atoms with Crippen LogP contribution in [-0.4, -0.2) is 87.4 Å². The van der Waals surface area contributed by atoms with Gasteiger partial charge in [0.15, 0.2) is 0 Å². The van der Waals surface area contributed by atoms with E-state index < -0.39 is 31.0 Å². The summed E-state index contributed by atoms with van der Waals surface area (Å²) in [5.41, 5.74) is 0. The number of Topliss-reactive ketones (excluding diaryl/α,β-unsaturated/α-hetero) is 1. The molecule has 0 aliphatic heterocycles. The van der Waals surface area contributed by atoms with Crippen molar-refractivity contribution in [2.45, 2.75) is 76.3 Å². The SMILES string of the molecule is CCCCCCCCC(=O)CN(C)C[C@H](O)[C@@H](O)[C@H](O)[C@H](O)CO. The van der Waals surface area contributed by atoms with Crippen LogP contribution in [0.1, 0.15) is 51.9 Å². The molecule has 0 unspecified atom stereocenters. The molecule has 144 valence electrons. The van der Waals surface area contributed by atoms with Crippen LogP contribution in [0.25, 0.3) is 0 Å². The second-order valence-electron chi connectivity index (χ2n) is 6.55. The van der Waals surface area contributed by atoms with Crippen molar-refractivity contribution in [3.63, 3.8) is 0 Å². The molecular weight excluding hydrogens is 314 g/mol. The van der Waals surface area contributed by atoms with Gasteiger partial charge in [0.05, 0.1) is 19.3 Å². The molecule has 0 aromatic carbocycles. The minimum Gasteiger partial charge on any atom is -0.394 e. The van der Waals surface area contributed by atoms with E-state index in [1.165, 1.54) is 19.3 Å². The molecule has 0 radical (unpaired) electrons. The molecule has 7 heteroatoms. The van der Waals surface area contributed by atoms with Crippen LogP contribution in [0, 0.1) is 0 Å². The summed E-state index contributed by atoms with van der Waals surface area (Å²) < 4.78 is 0. The van der Waals surface area contributed by atoms with Crippen LogP contribution in [0.15, 0.2) is 0 Å². The molecule has 0 saturated carbocycles. The van der Waals surface area contributed by atoms with Gasteiger partial charge in [0, 0.05) is 13.0 Å². The van der Waals surface area contributed by atoms with Crippen LogP contribution in [0.2, 0.25) is 0 Å². The standard InChI is InChI=1S/C17H35NO6/c1-3-4-5-6-7-8-9-13(20)10-18(2)11-14(21)16(23)17(24)15(22)12-19/h14-17,19,21-24H,3-12H2,1-2H3/t14-,15+,16+,17+/m0/s1. The first-order chi connectivity index (χ1) is 11.3. The number of ketones is 1. The quantitative estimate of drug-likeness (QED) is 0.257. The molecule has 0 bridgehead atoms. The average Bonchev–Trinajstić information content (AvgIpc) is 2.55. The summed E-state index contributed by atoms with van der Waals surface area (Å²) in [7, 11) is 1.64. The summed E-state index contributed by atoms with van der Waals surface area (Å²) >= 11 is 0. The van der Waals surface area contributed by atoms with E-state index in [-0.39, 0.29) is 18.9 Å². The topological polar surface area (TPSA) is 121 Å². The van der Waals surface area contributed by atoms with Crippen molar-refractivity contribution in [3.05, 3.63) is 0 Å². The average molecular weight is 349 g/mol. The van der Waals surface area contributed by atoms with Crippen molar-refractivity contribution in [1.29, 1.82) is 0 Å². The van der Waals surface area contributed by atoms with Crippen LogP contribution in [-0.2, 0) is 4.79 Å². The fourth-order valence-corrected chi connectivity index (χ4v) is 2.54. The lowest BCUT2D eigenvalue weighted by atomic mass is 10.0. The summed E-state index contributed by atoms with van der Waals surface area (Å²) in [6.45, 7) is 1.60. The Bertz CT molecular complexity index is 328. The molecule has 4 atom stereocenters. The summed E-state index contributed by atoms with van der Waals surface area (Å²) in [5.74, 6) is 0.0747. The highest BCUT2D eigenvalue weighted by Gasteiger charge is 2.30. The number of carbonyl (C=O) groups excluding carboxylic acids is 1. The highest BCUT2D eigenvalue weighted by atomic mass is 16.4. The minimum absolute atomic E-state index is 0.0153. The molecule has 5 N–H and O–H groups in total. The summed E-state index contributed by atoms with van der Waals surface area (Å²) in [6, 6.07) is 0. The second kappa shape index (κ2) is 13.7. The lowest BCUT2D eigenvalue weighted by Crippen LogP contribution is -2.49. The van der Waals surface area contributed by atoms with E-state index in [1.807, 2.05) is 0 Å². The molecule has 0 aromatic rings. The molecule has 0 aliphatic carbocycles. The number of aliphatic hydroxyl groups is 5. The van der Waals surface area contributed by atoms with E-state index in [0.29, 0.717) is 6.42 Å². The molecule has 0 rings (SSSR count). The third kappa shape index (κ3) is 10.3. The molecule has 0 saturated heterocycles. The van der Waals surface area contributed by atoms with Crippen molar-refractivity contribution in [2.75, 3.05) is 26.7 Å². The van der Waals surface area contributed by atoms with Gasteiger partial charge in [-0.15, -0.1) is 0 Å². The van der Waals surface area contributed by atoms with Gasteiger partial charge in [-0.05, 0) is 13.5 Å². The zero-order chi connectivity index (χ0) is 18.5. The highest BCUT2D eigenvalue weighted by Crippen LogP contribution is 2.09. The van der Waals surface area contributed by atoms with Gasteiger partial charge in [-0.25, -0.2) is 0 Å². The molecule has 0 fully saturated rings. The number of carbonyl (C=O) groups is 1. The largest absolute Gasteiger partial charge is 0.394 e. The molecule has 0 aromatic heterocycles. The maximum absolute atomic E-state index is 11.9. The van der Waals surface area contributed by atoms with Gasteiger partial charge in [0.25, 0.3) is 0 Å². The predicted molar refractivity (Wildman–Crippen MR) is 91.6 cm³/mol. The van der Waals surface area contributed by atoms with Crippen molar-refractivity contribution < 1.29 is 30.3 Å². The zero-order valence-corrected chi connectivity index (χ0v) is 15.0. The number of likely N-dealkylation sites (N-methyl/N-ethyl adjacent to an activating group) is 1. The lowest BCUT2D eigenvalue weighted by Gasteiger charge is -2.28. The third-order valence-corrected chi connectivity index (χ3v) is 4.08. The lowest BCUT2D eigenvalue weighted by molar-refractivity contribution is -0.125. The molecule has 7 nitrogen and oxygen atoms in total. The number of hydrogen-bond donors (Lipinski definition) is 5. The Labute approximate surface area is 144 Å². The van der Waals surface area contributed by atoms with E-state index in [4.69, 9.17) is 5.11 Å². The van der Waals surface area contributed by atoms with E-state index in [0.717, 1.165) is 19.3 Å². The smallest absolute Gasteiger partial charge is 0.146 e. The normalized spacial score (nSPS) is 16.8. The first-order valence-corrected chi connectivity index (χ1v) is 8.86. The molecule has 24 heavy (non-hydrogen) atoms. The Morgan fingerprint density at radius 1 is 0.917 bits per heavy atom. The highest BCUT2D eigenvalue weighted by molar-refractivity contribution is 5.80. The summed E-state index contributed by atoms with van der Waals surface area (Å²) in [6.07, 6.45) is 1.11. The number of rotatable bonds is 15. The summed E-state index contributed by atoms with van der Waals surface area (Å²) in [4.78, 5) is 13.4. The van der Waals surface area contributed by atoms with E-state index in [2.05, 4.69) is 6.92 Å². The van der Waals surface area contributed by atoms with Gasteiger partial charge < -0.3 is 25.5 Å². The maximum Gasteiger partial charge on any atom is 0.146 e. The first kappa shape index (κ1) is 23.4. The van der Waals surface area contributed by atoms with Crippen molar-refractivity contribution in [2.24, 2.45) is 0 Å². The van der Waals surface area contributed by atoms with Gasteiger partial charge in [-0.2, -0.15) is 0 Å². The fourth-order valence-electron chi connectivity index (χ4n) is 2.54. The summed E-state index contributed by atoms with van der Waals surface area (Å²) in [5, 5.41) is 47.1. The first-order valence-electron chi connectivity index (χ1n) is 8.86. The van der Waals surface area contributed by atoms with Crippen LogP contribution >= 0.6 is 0 Å². The Kier molecular flexibility index (Phi) is 13.4. The van der Waals surface area contributed by atoms with Crippen molar-refractivity contribution in [1.82, 2.24) is 4.90 Å². The van der Waals surface area contributed by atoms with Gasteiger partial charge in [0.2, 0.25) is 0 Å². The molecule has 0 spiro atoms. The van der Waals surface area contributed by atoms with E-state index in [1.54, 1.807) is 11.9 Å². The van der Waals surface area contributed by atoms with Gasteiger partial charge >= 0.3 is 0 Å². The van der Waals surface area contributed by atoms with Crippen molar-refractivity contribution >= 4 is 5.78 Å². The molecular formula is C17H35NO6. The number of aliphatic hydroxyl groups excluding tert-OH is 5. The van der Waals surface area contributed by atoms with Crippen molar-refractivity contribution in [3.8, 4) is 0 Å². The van der Waals surface area contributed by atoms with Crippen LogP contribution in [0.5, 0.6) is 0 Å². The monoisotopic (exact) mass is 349 g/mol. The van der Waals surface area contributed by atoms with E-state index >= 15 is 0 Å². The van der Waals surface area contributed by atoms with Gasteiger partial charge in [-0.3, -0.25) is 9.69 Å². The fraction of sp³-hybridized carbons (Fsp3) is 0.941. The Balaban J connectivity index is 3.97. The maximum atomic E-state index is 11.9. The molecule has 0 aliphatic rings. The van der Waals surface area contributed by atoms with E-state index in [9.17, 15) is 25.2 Å². The Hall–Kier alpha value is -0.570. The van der Waals surface area contributed by atoms with Gasteiger partial charge in [0.1, 0.15) is 24.1 Å². The number of unbranched alkanes of at least 4 members (excludes halogenated alkanes) is 5. The Morgan fingerprint density at radius 2 is 1.46 bits per heavy atom. The van der Waals surface area contributed by atoms with Gasteiger partial charge in [-0.1, -0.05) is 39.0 Å². The molecule has 0 amide bonds. The Morgan fingerprint density at radius 3 is 2.04 bits per heavy atom. The minimum atomic E-state index is -1.64. The molecule has 0 heterocycles. The van der Waals surface area contributed by atoms with Crippen LogP contribution in [0.3, 0.4) is 0 Å².